The lowest BCUT2D eigenvalue weighted by atomic mass is 9.91. The summed E-state index contributed by atoms with van der Waals surface area (Å²) in [7, 11) is 0. The highest BCUT2D eigenvalue weighted by molar-refractivity contribution is 6.35. The van der Waals surface area contributed by atoms with E-state index in [0.717, 1.165) is 16.8 Å². The van der Waals surface area contributed by atoms with Crippen LogP contribution in [0.25, 0.3) is 0 Å². The number of pyridine rings is 1. The van der Waals surface area contributed by atoms with Crippen LogP contribution in [0.2, 0.25) is 10.0 Å². The second kappa shape index (κ2) is 7.08. The maximum Gasteiger partial charge on any atom is 0.0842 e. The van der Waals surface area contributed by atoms with Crippen LogP contribution in [0, 0.1) is 0 Å². The Kier molecular flexibility index (Phi) is 5.40. The molecule has 0 amide bonds. The zero-order chi connectivity index (χ0) is 15.4. The first-order valence-corrected chi connectivity index (χ1v) is 7.49. The van der Waals surface area contributed by atoms with E-state index < -0.39 is 6.10 Å². The van der Waals surface area contributed by atoms with Crippen molar-refractivity contribution in [2.24, 2.45) is 0 Å². The first kappa shape index (κ1) is 16.0. The van der Waals surface area contributed by atoms with E-state index in [9.17, 15) is 5.11 Å². The van der Waals surface area contributed by atoms with Crippen molar-refractivity contribution in [2.45, 2.75) is 25.4 Å². The lowest BCUT2D eigenvalue weighted by Gasteiger charge is -2.19. The molecule has 1 N–H and O–H groups in total. The molecule has 2 unspecified atom stereocenters. The summed E-state index contributed by atoms with van der Waals surface area (Å²) in [5.41, 5.74) is 2.55. The van der Waals surface area contributed by atoms with Crippen molar-refractivity contribution >= 4 is 23.2 Å². The van der Waals surface area contributed by atoms with Gasteiger partial charge in [-0.05, 0) is 30.2 Å². The molecule has 110 valence electrons. The van der Waals surface area contributed by atoms with Gasteiger partial charge in [0.15, 0.2) is 0 Å². The van der Waals surface area contributed by atoms with Crippen molar-refractivity contribution in [1.29, 1.82) is 0 Å². The van der Waals surface area contributed by atoms with E-state index in [1.165, 1.54) is 0 Å². The summed E-state index contributed by atoms with van der Waals surface area (Å²) in [6.07, 6.45) is 3.29. The first-order chi connectivity index (χ1) is 10.0. The molecule has 21 heavy (non-hydrogen) atoms. The summed E-state index contributed by atoms with van der Waals surface area (Å²) in [6.45, 7) is 5.68. The Hall–Kier alpha value is -1.35. The van der Waals surface area contributed by atoms with Gasteiger partial charge < -0.3 is 5.11 Å². The fraction of sp³-hybridized carbons (Fsp3) is 0.235. The van der Waals surface area contributed by atoms with Crippen molar-refractivity contribution in [3.8, 4) is 0 Å². The zero-order valence-corrected chi connectivity index (χ0v) is 13.3. The summed E-state index contributed by atoms with van der Waals surface area (Å²) >= 11 is 12.2. The third-order valence-corrected chi connectivity index (χ3v) is 4.02. The summed E-state index contributed by atoms with van der Waals surface area (Å²) in [4.78, 5) is 4.44. The number of aliphatic hydroxyl groups excluding tert-OH is 1. The lowest BCUT2D eigenvalue weighted by molar-refractivity contribution is 0.179. The van der Waals surface area contributed by atoms with Crippen molar-refractivity contribution in [3.05, 3.63) is 76.0 Å². The predicted octanol–water partition coefficient (Wildman–Crippen LogP) is 5.15. The van der Waals surface area contributed by atoms with Gasteiger partial charge in [-0.2, -0.15) is 0 Å². The van der Waals surface area contributed by atoms with Crippen molar-refractivity contribution < 1.29 is 5.11 Å². The molecule has 1 heterocycles. The van der Waals surface area contributed by atoms with Crippen molar-refractivity contribution in [1.82, 2.24) is 4.98 Å². The Bertz CT molecular complexity index is 642. The summed E-state index contributed by atoms with van der Waals surface area (Å²) in [5.74, 6) is -0.0366. The van der Waals surface area contributed by atoms with Crippen molar-refractivity contribution in [2.75, 3.05) is 0 Å². The summed E-state index contributed by atoms with van der Waals surface area (Å²) < 4.78 is 0. The number of hydrogen-bond donors (Lipinski definition) is 1. The van der Waals surface area contributed by atoms with Crippen molar-refractivity contribution in [3.63, 3.8) is 0 Å². The van der Waals surface area contributed by atoms with Crippen LogP contribution in [0.15, 0.2) is 49.2 Å². The van der Waals surface area contributed by atoms with Gasteiger partial charge in [-0.3, -0.25) is 4.98 Å². The number of halogens is 2. The molecule has 0 aliphatic carbocycles. The highest BCUT2D eigenvalue weighted by Crippen LogP contribution is 2.34. The number of benzene rings is 1. The topological polar surface area (TPSA) is 33.1 Å². The highest BCUT2D eigenvalue weighted by atomic mass is 35.5. The number of rotatable bonds is 5. The number of aliphatic hydroxyl groups is 1. The Balaban J connectivity index is 2.43. The third kappa shape index (κ3) is 3.65. The molecule has 0 aliphatic heterocycles. The van der Waals surface area contributed by atoms with Gasteiger partial charge in [-0.15, -0.1) is 6.58 Å². The Labute approximate surface area is 135 Å². The van der Waals surface area contributed by atoms with E-state index in [4.69, 9.17) is 23.2 Å². The molecule has 1 aromatic carbocycles. The molecule has 0 fully saturated rings. The Morgan fingerprint density at radius 2 is 2.05 bits per heavy atom. The normalized spacial score (nSPS) is 13.7. The molecule has 0 saturated carbocycles. The SMILES string of the molecule is C=CCC(O)c1cccnc1C(C)c1ccc(Cl)cc1Cl. The van der Waals surface area contributed by atoms with E-state index in [1.807, 2.05) is 31.2 Å². The predicted molar refractivity (Wildman–Crippen MR) is 88.0 cm³/mol. The second-order valence-electron chi connectivity index (χ2n) is 4.91. The molecule has 0 radical (unpaired) electrons. The monoisotopic (exact) mass is 321 g/mol. The minimum atomic E-state index is -0.611. The maximum absolute atomic E-state index is 10.2. The largest absolute Gasteiger partial charge is 0.388 e. The summed E-state index contributed by atoms with van der Waals surface area (Å²) in [5, 5.41) is 11.4. The van der Waals surface area contributed by atoms with Crippen LogP contribution in [0.3, 0.4) is 0 Å². The Morgan fingerprint density at radius 1 is 1.29 bits per heavy atom. The van der Waals surface area contributed by atoms with Crippen LogP contribution in [-0.2, 0) is 0 Å². The maximum atomic E-state index is 10.2. The molecule has 4 heteroatoms. The van der Waals surface area contributed by atoms with E-state index in [2.05, 4.69) is 11.6 Å². The van der Waals surface area contributed by atoms with E-state index in [-0.39, 0.29) is 5.92 Å². The van der Waals surface area contributed by atoms with Crippen LogP contribution in [0.4, 0.5) is 0 Å². The van der Waals surface area contributed by atoms with Crippen LogP contribution >= 0.6 is 23.2 Å². The molecule has 2 nitrogen and oxygen atoms in total. The molecule has 1 aromatic heterocycles. The number of hydrogen-bond acceptors (Lipinski definition) is 2. The lowest BCUT2D eigenvalue weighted by Crippen LogP contribution is -2.08. The molecule has 0 saturated heterocycles. The number of nitrogens with zero attached hydrogens (tertiary/aromatic N) is 1. The smallest absolute Gasteiger partial charge is 0.0842 e. The molecule has 0 aliphatic rings. The molecule has 0 bridgehead atoms. The standard InChI is InChI=1S/C17H17Cl2NO/c1-3-5-16(21)14-6-4-9-20-17(14)11(2)13-8-7-12(18)10-15(13)19/h3-4,6-11,16,21H,1,5H2,2H3. The molecular formula is C17H17Cl2NO. The molecule has 2 atom stereocenters. The number of aromatic nitrogens is 1. The Morgan fingerprint density at radius 3 is 2.71 bits per heavy atom. The first-order valence-electron chi connectivity index (χ1n) is 6.73. The third-order valence-electron chi connectivity index (χ3n) is 3.46. The van der Waals surface area contributed by atoms with Crippen LogP contribution in [-0.4, -0.2) is 10.1 Å². The molecular weight excluding hydrogens is 305 g/mol. The van der Waals surface area contributed by atoms with E-state index in [1.54, 1.807) is 18.3 Å². The quantitative estimate of drug-likeness (QED) is 0.772. The van der Waals surface area contributed by atoms with Gasteiger partial charge in [-0.25, -0.2) is 0 Å². The van der Waals surface area contributed by atoms with Gasteiger partial charge >= 0.3 is 0 Å². The second-order valence-corrected chi connectivity index (χ2v) is 5.75. The van der Waals surface area contributed by atoms with Gasteiger partial charge in [0.2, 0.25) is 0 Å². The van der Waals surface area contributed by atoms with Gasteiger partial charge in [0, 0.05) is 27.7 Å². The van der Waals surface area contributed by atoms with Crippen LogP contribution in [0.5, 0.6) is 0 Å². The molecule has 2 aromatic rings. The average Bonchev–Trinajstić information content (AvgIpc) is 2.47. The van der Waals surface area contributed by atoms with E-state index in [0.29, 0.717) is 16.5 Å². The fourth-order valence-electron chi connectivity index (χ4n) is 2.36. The van der Waals surface area contributed by atoms with Crippen LogP contribution in [0.1, 0.15) is 42.2 Å². The highest BCUT2D eigenvalue weighted by Gasteiger charge is 2.20. The van der Waals surface area contributed by atoms with Gasteiger partial charge in [-0.1, -0.05) is 48.3 Å². The fourth-order valence-corrected chi connectivity index (χ4v) is 2.93. The molecule has 2 rings (SSSR count). The minimum absolute atomic E-state index is 0.0366. The van der Waals surface area contributed by atoms with Gasteiger partial charge in [0.05, 0.1) is 11.8 Å². The average molecular weight is 322 g/mol. The van der Waals surface area contributed by atoms with Crippen LogP contribution < -0.4 is 0 Å². The van der Waals surface area contributed by atoms with E-state index >= 15 is 0 Å². The minimum Gasteiger partial charge on any atom is -0.388 e. The summed E-state index contributed by atoms with van der Waals surface area (Å²) in [6, 6.07) is 9.13. The zero-order valence-electron chi connectivity index (χ0n) is 11.8. The van der Waals surface area contributed by atoms with Gasteiger partial charge in [0.1, 0.15) is 0 Å². The molecule has 0 spiro atoms. The van der Waals surface area contributed by atoms with Gasteiger partial charge in [0.25, 0.3) is 0 Å².